The van der Waals surface area contributed by atoms with E-state index in [0.29, 0.717) is 16.8 Å². The zero-order chi connectivity index (χ0) is 13.9. The first-order chi connectivity index (χ1) is 9.72. The molecule has 1 aliphatic carbocycles. The summed E-state index contributed by atoms with van der Waals surface area (Å²) in [6.45, 7) is 0. The quantitative estimate of drug-likeness (QED) is 0.910. The summed E-state index contributed by atoms with van der Waals surface area (Å²) >= 11 is 5.84. The van der Waals surface area contributed by atoms with Gasteiger partial charge < -0.3 is 5.32 Å². The first-order valence-electron chi connectivity index (χ1n) is 6.70. The highest BCUT2D eigenvalue weighted by Gasteiger charge is 2.19. The number of nitrogens with zero attached hydrogens (tertiary/aromatic N) is 2. The van der Waals surface area contributed by atoms with E-state index in [4.69, 9.17) is 11.6 Å². The maximum Gasteiger partial charge on any atom is 0.275 e. The molecular weight excluding hydrogens is 276 g/mol. The molecular formula is C14H15ClN4O. The number of hydrogen-bond acceptors (Lipinski definition) is 3. The molecule has 2 heterocycles. The van der Waals surface area contributed by atoms with Crippen LogP contribution in [0.15, 0.2) is 24.4 Å². The SMILES string of the molecule is O=C(Nc1cc(C2CCCC2)[nH]n1)c1cc(Cl)ccn1. The Morgan fingerprint density at radius 1 is 1.35 bits per heavy atom. The number of rotatable bonds is 3. The number of halogens is 1. The molecule has 20 heavy (non-hydrogen) atoms. The molecule has 5 nitrogen and oxygen atoms in total. The zero-order valence-electron chi connectivity index (χ0n) is 10.9. The topological polar surface area (TPSA) is 70.7 Å². The molecule has 2 aromatic heterocycles. The molecule has 2 N–H and O–H groups in total. The van der Waals surface area contributed by atoms with Crippen LogP contribution in [-0.2, 0) is 0 Å². The van der Waals surface area contributed by atoms with Crippen molar-refractivity contribution in [2.75, 3.05) is 5.32 Å². The Labute approximate surface area is 121 Å². The third-order valence-electron chi connectivity index (χ3n) is 3.59. The van der Waals surface area contributed by atoms with Crippen LogP contribution in [0.2, 0.25) is 5.02 Å². The van der Waals surface area contributed by atoms with Gasteiger partial charge in [-0.3, -0.25) is 14.9 Å². The minimum Gasteiger partial charge on any atom is -0.304 e. The van der Waals surface area contributed by atoms with Gasteiger partial charge in [-0.2, -0.15) is 5.10 Å². The summed E-state index contributed by atoms with van der Waals surface area (Å²) in [6.07, 6.45) is 6.40. The molecule has 1 saturated carbocycles. The summed E-state index contributed by atoms with van der Waals surface area (Å²) in [5.74, 6) is 0.757. The van der Waals surface area contributed by atoms with Crippen molar-refractivity contribution in [3.05, 3.63) is 40.8 Å². The van der Waals surface area contributed by atoms with Gasteiger partial charge in [0.2, 0.25) is 0 Å². The maximum atomic E-state index is 12.0. The second-order valence-electron chi connectivity index (χ2n) is 5.00. The summed E-state index contributed by atoms with van der Waals surface area (Å²) in [7, 11) is 0. The van der Waals surface area contributed by atoms with E-state index in [2.05, 4.69) is 20.5 Å². The molecule has 0 aliphatic heterocycles. The second-order valence-corrected chi connectivity index (χ2v) is 5.44. The Hall–Kier alpha value is -1.88. The molecule has 0 unspecified atom stereocenters. The van der Waals surface area contributed by atoms with Crippen LogP contribution >= 0.6 is 11.6 Å². The van der Waals surface area contributed by atoms with Gasteiger partial charge in [-0.1, -0.05) is 24.4 Å². The van der Waals surface area contributed by atoms with E-state index in [0.717, 1.165) is 5.69 Å². The smallest absolute Gasteiger partial charge is 0.275 e. The number of carbonyl (C=O) groups is 1. The van der Waals surface area contributed by atoms with E-state index >= 15 is 0 Å². The summed E-state index contributed by atoms with van der Waals surface area (Å²) in [6, 6.07) is 5.06. The molecule has 1 fully saturated rings. The van der Waals surface area contributed by atoms with Gasteiger partial charge in [0.1, 0.15) is 5.69 Å². The number of nitrogens with one attached hydrogen (secondary N) is 2. The lowest BCUT2D eigenvalue weighted by atomic mass is 10.0. The largest absolute Gasteiger partial charge is 0.304 e. The molecule has 0 saturated heterocycles. The molecule has 0 aromatic carbocycles. The van der Waals surface area contributed by atoms with Crippen molar-refractivity contribution in [3.63, 3.8) is 0 Å². The van der Waals surface area contributed by atoms with Gasteiger partial charge in [0.15, 0.2) is 5.82 Å². The number of pyridine rings is 1. The predicted octanol–water partition coefficient (Wildman–Crippen LogP) is 3.37. The molecule has 0 atom stereocenters. The van der Waals surface area contributed by atoms with Crippen molar-refractivity contribution in [1.82, 2.24) is 15.2 Å². The van der Waals surface area contributed by atoms with Crippen LogP contribution in [0.25, 0.3) is 0 Å². The van der Waals surface area contributed by atoms with Gasteiger partial charge in [0.25, 0.3) is 5.91 Å². The summed E-state index contributed by atoms with van der Waals surface area (Å²) in [5, 5.41) is 10.3. The van der Waals surface area contributed by atoms with E-state index < -0.39 is 0 Å². The molecule has 0 spiro atoms. The monoisotopic (exact) mass is 290 g/mol. The third-order valence-corrected chi connectivity index (χ3v) is 3.82. The number of hydrogen-bond donors (Lipinski definition) is 2. The Kier molecular flexibility index (Phi) is 3.69. The van der Waals surface area contributed by atoms with Gasteiger partial charge >= 0.3 is 0 Å². The lowest BCUT2D eigenvalue weighted by molar-refractivity contribution is 0.102. The van der Waals surface area contributed by atoms with Crippen molar-refractivity contribution in [1.29, 1.82) is 0 Å². The molecule has 6 heteroatoms. The van der Waals surface area contributed by atoms with E-state index in [1.165, 1.54) is 37.9 Å². The highest BCUT2D eigenvalue weighted by atomic mass is 35.5. The Morgan fingerprint density at radius 3 is 2.90 bits per heavy atom. The first-order valence-corrected chi connectivity index (χ1v) is 7.08. The summed E-state index contributed by atoms with van der Waals surface area (Å²) < 4.78 is 0. The molecule has 1 amide bonds. The second kappa shape index (κ2) is 5.63. The average molecular weight is 291 g/mol. The molecule has 0 radical (unpaired) electrons. The van der Waals surface area contributed by atoms with E-state index in [1.54, 1.807) is 6.07 Å². The van der Waals surface area contributed by atoms with Crippen LogP contribution in [0.1, 0.15) is 47.8 Å². The van der Waals surface area contributed by atoms with Gasteiger partial charge in [0, 0.05) is 28.9 Å². The van der Waals surface area contributed by atoms with Gasteiger partial charge in [-0.25, -0.2) is 0 Å². The highest BCUT2D eigenvalue weighted by molar-refractivity contribution is 6.30. The standard InChI is InChI=1S/C14H15ClN4O/c15-10-5-6-16-12(7-10)14(20)17-13-8-11(18-19-13)9-3-1-2-4-9/h5-9H,1-4H2,(H2,17,18,19,20). The number of amides is 1. The zero-order valence-corrected chi connectivity index (χ0v) is 11.7. The van der Waals surface area contributed by atoms with E-state index in [1.807, 2.05) is 6.07 Å². The minimum absolute atomic E-state index is 0.280. The molecule has 1 aliphatic rings. The lowest BCUT2D eigenvalue weighted by Gasteiger charge is -2.03. The number of aromatic amines is 1. The highest BCUT2D eigenvalue weighted by Crippen LogP contribution is 2.33. The normalized spacial score (nSPS) is 15.4. The van der Waals surface area contributed by atoms with E-state index in [9.17, 15) is 4.79 Å². The molecule has 2 aromatic rings. The summed E-state index contributed by atoms with van der Waals surface area (Å²) in [4.78, 5) is 16.0. The van der Waals surface area contributed by atoms with Gasteiger partial charge in [-0.05, 0) is 25.0 Å². The van der Waals surface area contributed by atoms with Crippen molar-refractivity contribution in [2.24, 2.45) is 0 Å². The van der Waals surface area contributed by atoms with Crippen LogP contribution in [-0.4, -0.2) is 21.1 Å². The van der Waals surface area contributed by atoms with Crippen molar-refractivity contribution in [2.45, 2.75) is 31.6 Å². The first kappa shape index (κ1) is 13.1. The fraction of sp³-hybridized carbons (Fsp3) is 0.357. The van der Waals surface area contributed by atoms with Crippen molar-refractivity contribution < 1.29 is 4.79 Å². The number of carbonyl (C=O) groups excluding carboxylic acids is 1. The van der Waals surface area contributed by atoms with Gasteiger partial charge in [0.05, 0.1) is 0 Å². The van der Waals surface area contributed by atoms with Crippen molar-refractivity contribution in [3.8, 4) is 0 Å². The van der Waals surface area contributed by atoms with Gasteiger partial charge in [-0.15, -0.1) is 0 Å². The fourth-order valence-corrected chi connectivity index (χ4v) is 2.72. The maximum absolute atomic E-state index is 12.0. The van der Waals surface area contributed by atoms with Crippen LogP contribution in [0.3, 0.4) is 0 Å². The van der Waals surface area contributed by atoms with Crippen LogP contribution in [0.5, 0.6) is 0 Å². The number of anilines is 1. The minimum atomic E-state index is -0.308. The average Bonchev–Trinajstić information content (AvgIpc) is 3.08. The van der Waals surface area contributed by atoms with Crippen molar-refractivity contribution >= 4 is 23.3 Å². The summed E-state index contributed by atoms with van der Waals surface area (Å²) in [5.41, 5.74) is 1.37. The van der Waals surface area contributed by atoms with Crippen LogP contribution < -0.4 is 5.32 Å². The van der Waals surface area contributed by atoms with Crippen LogP contribution in [0.4, 0.5) is 5.82 Å². The number of H-pyrrole nitrogens is 1. The third kappa shape index (κ3) is 2.82. The fourth-order valence-electron chi connectivity index (χ4n) is 2.56. The van der Waals surface area contributed by atoms with Crippen LogP contribution in [0, 0.1) is 0 Å². The lowest BCUT2D eigenvalue weighted by Crippen LogP contribution is -2.13. The Balaban J connectivity index is 1.70. The van der Waals surface area contributed by atoms with E-state index in [-0.39, 0.29) is 11.6 Å². The molecule has 3 rings (SSSR count). The molecule has 104 valence electrons. The predicted molar refractivity (Wildman–Crippen MR) is 77.0 cm³/mol. The number of aromatic nitrogens is 3. The Bertz CT molecular complexity index is 619. The Morgan fingerprint density at radius 2 is 2.15 bits per heavy atom. The molecule has 0 bridgehead atoms.